The zero-order valence-electron chi connectivity index (χ0n) is 8.22. The van der Waals surface area contributed by atoms with Crippen LogP contribution in [-0.2, 0) is 0 Å². The van der Waals surface area contributed by atoms with Gasteiger partial charge < -0.3 is 11.1 Å². The van der Waals surface area contributed by atoms with E-state index in [2.05, 4.69) is 31.3 Å². The summed E-state index contributed by atoms with van der Waals surface area (Å²) < 4.78 is 0. The Labute approximate surface area is 79.1 Å². The van der Waals surface area contributed by atoms with Crippen LogP contribution in [0.5, 0.6) is 0 Å². The Morgan fingerprint density at radius 1 is 1.46 bits per heavy atom. The molecule has 0 radical (unpaired) electrons. The van der Waals surface area contributed by atoms with E-state index in [1.807, 2.05) is 0 Å². The lowest BCUT2D eigenvalue weighted by Gasteiger charge is -2.08. The average molecular weight is 176 g/mol. The number of rotatable bonds is 1. The molecular formula is C11H16N2. The maximum Gasteiger partial charge on any atom is 0.0406 e. The summed E-state index contributed by atoms with van der Waals surface area (Å²) in [4.78, 5) is 0. The first-order chi connectivity index (χ1) is 6.22. The molecule has 70 valence electrons. The molecule has 0 spiro atoms. The van der Waals surface area contributed by atoms with Gasteiger partial charge in [0.05, 0.1) is 0 Å². The molecule has 1 atom stereocenters. The molecule has 0 aliphatic carbocycles. The third-order valence-corrected chi connectivity index (χ3v) is 2.76. The zero-order valence-corrected chi connectivity index (χ0v) is 8.22. The topological polar surface area (TPSA) is 38.0 Å². The van der Waals surface area contributed by atoms with Gasteiger partial charge in [-0.25, -0.2) is 0 Å². The van der Waals surface area contributed by atoms with E-state index >= 15 is 0 Å². The molecule has 0 amide bonds. The van der Waals surface area contributed by atoms with Crippen molar-refractivity contribution in [2.75, 3.05) is 18.4 Å². The SMILES string of the molecule is Cc1cc(C)c2c(c1)C(CN)CN2. The Morgan fingerprint density at radius 2 is 2.23 bits per heavy atom. The fourth-order valence-corrected chi connectivity index (χ4v) is 2.11. The third-order valence-electron chi connectivity index (χ3n) is 2.76. The van der Waals surface area contributed by atoms with Crippen molar-refractivity contribution in [3.63, 3.8) is 0 Å². The number of benzene rings is 1. The molecule has 0 saturated carbocycles. The molecule has 0 aromatic heterocycles. The van der Waals surface area contributed by atoms with Crippen LogP contribution >= 0.6 is 0 Å². The van der Waals surface area contributed by atoms with Gasteiger partial charge in [-0.05, 0) is 25.0 Å². The predicted octanol–water partition coefficient (Wildman–Crippen LogP) is 1.77. The second kappa shape index (κ2) is 3.04. The molecular weight excluding hydrogens is 160 g/mol. The molecule has 2 heteroatoms. The Morgan fingerprint density at radius 3 is 2.92 bits per heavy atom. The number of fused-ring (bicyclic) bond motifs is 1. The van der Waals surface area contributed by atoms with Gasteiger partial charge in [-0.1, -0.05) is 17.7 Å². The van der Waals surface area contributed by atoms with E-state index in [1.165, 1.54) is 22.4 Å². The van der Waals surface area contributed by atoms with Crippen LogP contribution in [0.25, 0.3) is 0 Å². The van der Waals surface area contributed by atoms with Crippen molar-refractivity contribution in [3.8, 4) is 0 Å². The summed E-state index contributed by atoms with van der Waals surface area (Å²) in [5.74, 6) is 0.508. The smallest absolute Gasteiger partial charge is 0.0406 e. The number of hydrogen-bond donors (Lipinski definition) is 2. The first-order valence-corrected chi connectivity index (χ1v) is 4.77. The third kappa shape index (κ3) is 1.31. The van der Waals surface area contributed by atoms with E-state index in [-0.39, 0.29) is 0 Å². The van der Waals surface area contributed by atoms with E-state index in [9.17, 15) is 0 Å². The minimum absolute atomic E-state index is 0.508. The summed E-state index contributed by atoms with van der Waals surface area (Å²) in [7, 11) is 0. The molecule has 1 aliphatic heterocycles. The lowest BCUT2D eigenvalue weighted by Crippen LogP contribution is -2.13. The second-order valence-electron chi connectivity index (χ2n) is 3.86. The monoisotopic (exact) mass is 176 g/mol. The summed E-state index contributed by atoms with van der Waals surface area (Å²) in [6, 6.07) is 4.46. The summed E-state index contributed by atoms with van der Waals surface area (Å²) in [6.07, 6.45) is 0. The second-order valence-corrected chi connectivity index (χ2v) is 3.86. The van der Waals surface area contributed by atoms with Crippen LogP contribution in [0.4, 0.5) is 5.69 Å². The number of hydrogen-bond acceptors (Lipinski definition) is 2. The molecule has 1 aromatic rings. The minimum atomic E-state index is 0.508. The van der Waals surface area contributed by atoms with Crippen molar-refractivity contribution in [1.82, 2.24) is 0 Å². The molecule has 1 aromatic carbocycles. The van der Waals surface area contributed by atoms with E-state index in [0.29, 0.717) is 5.92 Å². The van der Waals surface area contributed by atoms with Gasteiger partial charge in [-0.15, -0.1) is 0 Å². The fraction of sp³-hybridized carbons (Fsp3) is 0.455. The van der Waals surface area contributed by atoms with Crippen molar-refractivity contribution < 1.29 is 0 Å². The van der Waals surface area contributed by atoms with Crippen molar-refractivity contribution in [2.24, 2.45) is 5.73 Å². The molecule has 13 heavy (non-hydrogen) atoms. The highest BCUT2D eigenvalue weighted by Crippen LogP contribution is 2.34. The Bertz CT molecular complexity index is 331. The normalized spacial score (nSPS) is 19.8. The molecule has 0 bridgehead atoms. The van der Waals surface area contributed by atoms with Gasteiger partial charge in [-0.3, -0.25) is 0 Å². The van der Waals surface area contributed by atoms with Crippen molar-refractivity contribution >= 4 is 5.69 Å². The first-order valence-electron chi connectivity index (χ1n) is 4.77. The van der Waals surface area contributed by atoms with Gasteiger partial charge in [0.2, 0.25) is 0 Å². The average Bonchev–Trinajstić information content (AvgIpc) is 2.47. The van der Waals surface area contributed by atoms with Gasteiger partial charge in [0.25, 0.3) is 0 Å². The maximum atomic E-state index is 5.71. The summed E-state index contributed by atoms with van der Waals surface area (Å²) in [5.41, 5.74) is 11.1. The number of nitrogens with two attached hydrogens (primary N) is 1. The number of anilines is 1. The van der Waals surface area contributed by atoms with Gasteiger partial charge in [0, 0.05) is 24.7 Å². The van der Waals surface area contributed by atoms with E-state index < -0.39 is 0 Å². The largest absolute Gasteiger partial charge is 0.384 e. The van der Waals surface area contributed by atoms with Crippen LogP contribution in [-0.4, -0.2) is 13.1 Å². The summed E-state index contributed by atoms with van der Waals surface area (Å²) in [6.45, 7) is 6.02. The summed E-state index contributed by atoms with van der Waals surface area (Å²) >= 11 is 0. The summed E-state index contributed by atoms with van der Waals surface area (Å²) in [5, 5.41) is 3.42. The van der Waals surface area contributed by atoms with Crippen molar-refractivity contribution in [1.29, 1.82) is 0 Å². The van der Waals surface area contributed by atoms with Crippen molar-refractivity contribution in [2.45, 2.75) is 19.8 Å². The van der Waals surface area contributed by atoms with Gasteiger partial charge in [0.1, 0.15) is 0 Å². The lowest BCUT2D eigenvalue weighted by molar-refractivity contribution is 0.766. The molecule has 0 fully saturated rings. The Kier molecular flexibility index (Phi) is 2.00. The number of nitrogens with one attached hydrogen (secondary N) is 1. The molecule has 1 unspecified atom stereocenters. The maximum absolute atomic E-state index is 5.71. The molecule has 1 aliphatic rings. The van der Waals surface area contributed by atoms with Gasteiger partial charge >= 0.3 is 0 Å². The van der Waals surface area contributed by atoms with Gasteiger partial charge in [0.15, 0.2) is 0 Å². The van der Waals surface area contributed by atoms with Crippen LogP contribution in [0, 0.1) is 13.8 Å². The van der Waals surface area contributed by atoms with Crippen LogP contribution in [0.1, 0.15) is 22.6 Å². The van der Waals surface area contributed by atoms with E-state index in [0.717, 1.165) is 13.1 Å². The molecule has 0 saturated heterocycles. The van der Waals surface area contributed by atoms with E-state index in [1.54, 1.807) is 0 Å². The Balaban J connectivity index is 2.51. The Hall–Kier alpha value is -1.02. The minimum Gasteiger partial charge on any atom is -0.384 e. The fourth-order valence-electron chi connectivity index (χ4n) is 2.11. The highest BCUT2D eigenvalue weighted by atomic mass is 14.9. The predicted molar refractivity (Wildman–Crippen MR) is 56.2 cm³/mol. The molecule has 3 N–H and O–H groups in total. The van der Waals surface area contributed by atoms with Gasteiger partial charge in [-0.2, -0.15) is 0 Å². The quantitative estimate of drug-likeness (QED) is 0.684. The van der Waals surface area contributed by atoms with Crippen molar-refractivity contribution in [3.05, 3.63) is 28.8 Å². The molecule has 2 nitrogen and oxygen atoms in total. The van der Waals surface area contributed by atoms with Crippen LogP contribution in [0.2, 0.25) is 0 Å². The van der Waals surface area contributed by atoms with Crippen LogP contribution in [0.3, 0.4) is 0 Å². The molecule has 2 rings (SSSR count). The van der Waals surface area contributed by atoms with Crippen LogP contribution < -0.4 is 11.1 Å². The highest BCUT2D eigenvalue weighted by molar-refractivity contribution is 5.63. The highest BCUT2D eigenvalue weighted by Gasteiger charge is 2.22. The van der Waals surface area contributed by atoms with Crippen LogP contribution in [0.15, 0.2) is 12.1 Å². The standard InChI is InChI=1S/C11H16N2/c1-7-3-8(2)11-10(4-7)9(5-12)6-13-11/h3-4,9,13H,5-6,12H2,1-2H3. The zero-order chi connectivity index (χ0) is 9.42. The van der Waals surface area contributed by atoms with E-state index in [4.69, 9.17) is 5.73 Å². The number of aryl methyl sites for hydroxylation is 2. The lowest BCUT2D eigenvalue weighted by atomic mass is 9.97. The first kappa shape index (κ1) is 8.57. The molecule has 1 heterocycles.